The molecule has 2 aliphatic rings. The third-order valence-corrected chi connectivity index (χ3v) is 6.56. The molecule has 2 aliphatic carbocycles. The maximum atomic E-state index is 11.7. The van der Waals surface area contributed by atoms with Crippen LogP contribution in [0.15, 0.2) is 46.8 Å². The third kappa shape index (κ3) is 2.56. The number of allylic oxidation sites excluding steroid dienone is 3. The van der Waals surface area contributed by atoms with Crippen molar-refractivity contribution in [2.45, 2.75) is 46.5 Å². The molecule has 0 saturated heterocycles. The van der Waals surface area contributed by atoms with Crippen molar-refractivity contribution in [3.05, 3.63) is 48.0 Å². The van der Waals surface area contributed by atoms with E-state index in [0.29, 0.717) is 11.5 Å². The van der Waals surface area contributed by atoms with Gasteiger partial charge in [-0.3, -0.25) is 0 Å². The summed E-state index contributed by atoms with van der Waals surface area (Å²) in [6.07, 6.45) is 13.6. The molecule has 1 aromatic rings. The summed E-state index contributed by atoms with van der Waals surface area (Å²) in [4.78, 5) is 11.7. The lowest BCUT2D eigenvalue weighted by Gasteiger charge is -2.56. The van der Waals surface area contributed by atoms with Crippen LogP contribution in [0.4, 0.5) is 0 Å². The van der Waals surface area contributed by atoms with Gasteiger partial charge in [-0.15, -0.1) is 0 Å². The summed E-state index contributed by atoms with van der Waals surface area (Å²) in [6, 6.07) is 2.02. The first-order chi connectivity index (χ1) is 10.9. The first-order valence-corrected chi connectivity index (χ1v) is 8.51. The smallest absolute Gasteiger partial charge is 0.332 e. The van der Waals surface area contributed by atoms with Gasteiger partial charge in [0.05, 0.1) is 12.5 Å². The van der Waals surface area contributed by atoms with Gasteiger partial charge in [0.1, 0.15) is 0 Å². The lowest BCUT2D eigenvalue weighted by molar-refractivity contribution is -0.135. The summed E-state index contributed by atoms with van der Waals surface area (Å²) in [7, 11) is 0. The van der Waals surface area contributed by atoms with E-state index >= 15 is 0 Å². The Hall–Kier alpha value is -1.77. The quantitative estimate of drug-likeness (QED) is 0.864. The van der Waals surface area contributed by atoms with Crippen molar-refractivity contribution in [3.63, 3.8) is 0 Å². The van der Waals surface area contributed by atoms with E-state index in [0.717, 1.165) is 25.7 Å². The normalized spacial score (nSPS) is 36.4. The van der Waals surface area contributed by atoms with E-state index in [4.69, 9.17) is 4.42 Å². The maximum Gasteiger partial charge on any atom is 0.332 e. The number of carboxylic acid groups (broad SMARTS) is 1. The second-order valence-corrected chi connectivity index (χ2v) is 7.74. The molecule has 1 saturated carbocycles. The van der Waals surface area contributed by atoms with Gasteiger partial charge in [-0.2, -0.15) is 0 Å². The molecule has 3 heteroatoms. The molecule has 0 spiro atoms. The Morgan fingerprint density at radius 1 is 1.43 bits per heavy atom. The summed E-state index contributed by atoms with van der Waals surface area (Å²) in [6.45, 7) is 6.81. The van der Waals surface area contributed by atoms with E-state index in [9.17, 15) is 9.90 Å². The summed E-state index contributed by atoms with van der Waals surface area (Å²) < 4.78 is 5.19. The van der Waals surface area contributed by atoms with E-state index in [-0.39, 0.29) is 16.7 Å². The zero-order valence-corrected chi connectivity index (χ0v) is 14.2. The van der Waals surface area contributed by atoms with E-state index in [2.05, 4.69) is 26.8 Å². The van der Waals surface area contributed by atoms with Gasteiger partial charge >= 0.3 is 5.97 Å². The monoisotopic (exact) mass is 314 g/mol. The van der Waals surface area contributed by atoms with Crippen LogP contribution in [0, 0.1) is 22.7 Å². The molecular formula is C20H26O3. The van der Waals surface area contributed by atoms with Gasteiger partial charge in [-0.1, -0.05) is 39.0 Å². The Morgan fingerprint density at radius 2 is 2.22 bits per heavy atom. The Balaban J connectivity index is 1.91. The SMILES string of the molecule is C[C@H]1CC[C@]2(C)C(C(=O)O)=CC=C[C@H]2[C@]1(C)CCc1ccoc1. The molecule has 3 rings (SSSR count). The van der Waals surface area contributed by atoms with Crippen LogP contribution in [-0.4, -0.2) is 11.1 Å². The molecule has 0 bridgehead atoms. The zero-order chi connectivity index (χ0) is 16.7. The van der Waals surface area contributed by atoms with Crippen molar-refractivity contribution in [1.29, 1.82) is 0 Å². The number of furan rings is 1. The fourth-order valence-electron chi connectivity index (χ4n) is 4.79. The van der Waals surface area contributed by atoms with Crippen molar-refractivity contribution >= 4 is 5.97 Å². The molecule has 0 radical (unpaired) electrons. The van der Waals surface area contributed by atoms with Gasteiger partial charge in [0.15, 0.2) is 0 Å². The highest BCUT2D eigenvalue weighted by Gasteiger charge is 2.54. The van der Waals surface area contributed by atoms with Gasteiger partial charge in [0.25, 0.3) is 0 Å². The highest BCUT2D eigenvalue weighted by atomic mass is 16.4. The van der Waals surface area contributed by atoms with Gasteiger partial charge in [0.2, 0.25) is 0 Å². The van der Waals surface area contributed by atoms with Crippen LogP contribution in [0.25, 0.3) is 0 Å². The molecular weight excluding hydrogens is 288 g/mol. The number of hydrogen-bond acceptors (Lipinski definition) is 2. The van der Waals surface area contributed by atoms with E-state index < -0.39 is 5.97 Å². The lowest BCUT2D eigenvalue weighted by atomic mass is 9.48. The molecule has 0 amide bonds. The highest BCUT2D eigenvalue weighted by molar-refractivity contribution is 5.89. The van der Waals surface area contributed by atoms with Gasteiger partial charge < -0.3 is 9.52 Å². The summed E-state index contributed by atoms with van der Waals surface area (Å²) >= 11 is 0. The van der Waals surface area contributed by atoms with Gasteiger partial charge in [-0.25, -0.2) is 4.79 Å². The molecule has 3 nitrogen and oxygen atoms in total. The molecule has 0 aliphatic heterocycles. The van der Waals surface area contributed by atoms with E-state index in [1.807, 2.05) is 18.4 Å². The van der Waals surface area contributed by atoms with Crippen LogP contribution in [0.5, 0.6) is 0 Å². The van der Waals surface area contributed by atoms with Crippen LogP contribution in [0.3, 0.4) is 0 Å². The second-order valence-electron chi connectivity index (χ2n) is 7.74. The van der Waals surface area contributed by atoms with E-state index in [1.54, 1.807) is 12.3 Å². The minimum Gasteiger partial charge on any atom is -0.478 e. The fraction of sp³-hybridized carbons (Fsp3) is 0.550. The van der Waals surface area contributed by atoms with Crippen molar-refractivity contribution in [3.8, 4) is 0 Å². The summed E-state index contributed by atoms with van der Waals surface area (Å²) in [5.41, 5.74) is 1.62. The average molecular weight is 314 g/mol. The van der Waals surface area contributed by atoms with Crippen LogP contribution in [0.2, 0.25) is 0 Å². The lowest BCUT2D eigenvalue weighted by Crippen LogP contribution is -2.50. The number of aryl methyl sites for hydroxylation is 1. The van der Waals surface area contributed by atoms with Crippen LogP contribution in [-0.2, 0) is 11.2 Å². The molecule has 124 valence electrons. The van der Waals surface area contributed by atoms with Crippen molar-refractivity contribution in [1.82, 2.24) is 0 Å². The topological polar surface area (TPSA) is 50.4 Å². The Labute approximate surface area is 138 Å². The summed E-state index contributed by atoms with van der Waals surface area (Å²) in [5.74, 6) is 0.0700. The third-order valence-electron chi connectivity index (χ3n) is 6.56. The molecule has 1 fully saturated rings. The number of rotatable bonds is 4. The average Bonchev–Trinajstić information content (AvgIpc) is 3.02. The Morgan fingerprint density at radius 3 is 2.87 bits per heavy atom. The largest absolute Gasteiger partial charge is 0.478 e. The van der Waals surface area contributed by atoms with Crippen LogP contribution >= 0.6 is 0 Å². The molecule has 0 unspecified atom stereocenters. The number of fused-ring (bicyclic) bond motifs is 1. The number of aliphatic carboxylic acids is 1. The molecule has 1 aromatic heterocycles. The van der Waals surface area contributed by atoms with Crippen molar-refractivity contribution < 1.29 is 14.3 Å². The minimum absolute atomic E-state index is 0.0930. The van der Waals surface area contributed by atoms with Gasteiger partial charge in [-0.05, 0) is 54.6 Å². The van der Waals surface area contributed by atoms with Gasteiger partial charge in [0, 0.05) is 11.0 Å². The molecule has 1 N–H and O–H groups in total. The molecule has 0 aromatic carbocycles. The molecule has 23 heavy (non-hydrogen) atoms. The first kappa shape index (κ1) is 16.1. The number of hydrogen-bond donors (Lipinski definition) is 1. The highest BCUT2D eigenvalue weighted by Crippen LogP contribution is 2.60. The second kappa shape index (κ2) is 5.70. The number of carboxylic acids is 1. The Kier molecular flexibility index (Phi) is 3.99. The summed E-state index contributed by atoms with van der Waals surface area (Å²) in [5, 5.41) is 9.64. The maximum absolute atomic E-state index is 11.7. The number of carbonyl (C=O) groups is 1. The van der Waals surface area contributed by atoms with Crippen LogP contribution in [0.1, 0.15) is 45.6 Å². The fourth-order valence-corrected chi connectivity index (χ4v) is 4.79. The Bertz CT molecular complexity index is 640. The first-order valence-electron chi connectivity index (χ1n) is 8.51. The molecule has 4 atom stereocenters. The zero-order valence-electron chi connectivity index (χ0n) is 14.2. The van der Waals surface area contributed by atoms with E-state index in [1.165, 1.54) is 5.56 Å². The predicted octanol–water partition coefficient (Wildman–Crippen LogP) is 4.85. The standard InChI is InChI=1S/C20H26O3/c1-14-7-10-20(3)16(18(21)22)5-4-6-17(20)19(14,2)11-8-15-9-12-23-13-15/h4-6,9,12-14,17H,7-8,10-11H2,1-3H3,(H,21,22)/t14-,17-,19+,20+/m0/s1. The predicted molar refractivity (Wildman–Crippen MR) is 90.0 cm³/mol. The minimum atomic E-state index is -0.770. The van der Waals surface area contributed by atoms with Crippen molar-refractivity contribution in [2.24, 2.45) is 22.7 Å². The van der Waals surface area contributed by atoms with Crippen LogP contribution < -0.4 is 0 Å². The van der Waals surface area contributed by atoms with Crippen molar-refractivity contribution in [2.75, 3.05) is 0 Å². The molecule has 1 heterocycles.